The SMILES string of the molecule is c1ccc([C@]2(C3=NCCN3)COc3ccccc3O2)cc1. The molecule has 4 rings (SSSR count). The number of fused-ring (bicyclic) bond motifs is 1. The van der Waals surface area contributed by atoms with Crippen molar-refractivity contribution >= 4 is 5.84 Å². The van der Waals surface area contributed by atoms with Crippen LogP contribution in [-0.4, -0.2) is 25.5 Å². The highest BCUT2D eigenvalue weighted by atomic mass is 16.6. The maximum atomic E-state index is 6.37. The van der Waals surface area contributed by atoms with Crippen LogP contribution in [-0.2, 0) is 5.60 Å². The van der Waals surface area contributed by atoms with Crippen LogP contribution in [0.5, 0.6) is 11.5 Å². The van der Waals surface area contributed by atoms with Crippen LogP contribution >= 0.6 is 0 Å². The van der Waals surface area contributed by atoms with Crippen LogP contribution in [0.2, 0.25) is 0 Å². The fraction of sp³-hybridized carbons (Fsp3) is 0.235. The highest BCUT2D eigenvalue weighted by Gasteiger charge is 2.45. The highest BCUT2D eigenvalue weighted by Crippen LogP contribution is 2.40. The van der Waals surface area contributed by atoms with Crippen LogP contribution in [0.15, 0.2) is 59.6 Å². The Morgan fingerprint density at radius 3 is 2.48 bits per heavy atom. The predicted octanol–water partition coefficient (Wildman–Crippen LogP) is 2.36. The molecule has 0 amide bonds. The van der Waals surface area contributed by atoms with Gasteiger partial charge in [0.15, 0.2) is 11.5 Å². The van der Waals surface area contributed by atoms with E-state index in [1.165, 1.54) is 0 Å². The fourth-order valence-corrected chi connectivity index (χ4v) is 2.82. The third kappa shape index (κ3) is 1.95. The Bertz CT molecular complexity index is 684. The topological polar surface area (TPSA) is 42.9 Å². The number of aliphatic imine (C=N–C) groups is 1. The van der Waals surface area contributed by atoms with E-state index in [9.17, 15) is 0 Å². The van der Waals surface area contributed by atoms with Crippen molar-refractivity contribution in [3.63, 3.8) is 0 Å². The van der Waals surface area contributed by atoms with Crippen LogP contribution in [0, 0.1) is 0 Å². The lowest BCUT2D eigenvalue weighted by Gasteiger charge is -2.38. The summed E-state index contributed by atoms with van der Waals surface area (Å²) < 4.78 is 12.3. The second kappa shape index (κ2) is 4.81. The first-order valence-corrected chi connectivity index (χ1v) is 7.14. The monoisotopic (exact) mass is 280 g/mol. The van der Waals surface area contributed by atoms with Gasteiger partial charge in [-0.3, -0.25) is 4.99 Å². The molecule has 2 aromatic carbocycles. The number of nitrogens with one attached hydrogen (secondary N) is 1. The number of nitrogens with zero attached hydrogens (tertiary/aromatic N) is 1. The molecule has 0 saturated carbocycles. The van der Waals surface area contributed by atoms with E-state index in [1.807, 2.05) is 42.5 Å². The zero-order chi connectivity index (χ0) is 14.1. The number of hydrogen-bond donors (Lipinski definition) is 1. The number of hydrogen-bond acceptors (Lipinski definition) is 4. The minimum absolute atomic E-state index is 0.417. The Hall–Kier alpha value is -2.49. The summed E-state index contributed by atoms with van der Waals surface area (Å²) in [7, 11) is 0. The zero-order valence-corrected chi connectivity index (χ0v) is 11.6. The Kier molecular flexibility index (Phi) is 2.81. The first kappa shape index (κ1) is 12.3. The van der Waals surface area contributed by atoms with Crippen molar-refractivity contribution in [2.45, 2.75) is 5.60 Å². The summed E-state index contributed by atoms with van der Waals surface area (Å²) in [4.78, 5) is 4.58. The molecule has 0 aliphatic carbocycles. The number of para-hydroxylation sites is 2. The van der Waals surface area contributed by atoms with Gasteiger partial charge in [0, 0.05) is 12.1 Å². The minimum Gasteiger partial charge on any atom is -0.485 e. The summed E-state index contributed by atoms with van der Waals surface area (Å²) in [5.41, 5.74) is 0.360. The molecular formula is C17H16N2O2. The van der Waals surface area contributed by atoms with Crippen LogP contribution in [0.25, 0.3) is 0 Å². The summed E-state index contributed by atoms with van der Waals surface area (Å²) in [6.45, 7) is 2.03. The van der Waals surface area contributed by atoms with Crippen molar-refractivity contribution in [2.24, 2.45) is 4.99 Å². The van der Waals surface area contributed by atoms with E-state index in [2.05, 4.69) is 22.4 Å². The molecule has 4 nitrogen and oxygen atoms in total. The molecule has 0 aromatic heterocycles. The largest absolute Gasteiger partial charge is 0.485 e. The van der Waals surface area contributed by atoms with Crippen molar-refractivity contribution in [3.05, 3.63) is 60.2 Å². The van der Waals surface area contributed by atoms with Gasteiger partial charge in [0.25, 0.3) is 0 Å². The first-order valence-electron chi connectivity index (χ1n) is 7.14. The zero-order valence-electron chi connectivity index (χ0n) is 11.6. The Morgan fingerprint density at radius 2 is 1.71 bits per heavy atom. The Labute approximate surface area is 123 Å². The number of ether oxygens (including phenoxy) is 2. The Morgan fingerprint density at radius 1 is 0.952 bits per heavy atom. The van der Waals surface area contributed by atoms with E-state index >= 15 is 0 Å². The van der Waals surface area contributed by atoms with Crippen LogP contribution in [0.3, 0.4) is 0 Å². The molecule has 2 heterocycles. The van der Waals surface area contributed by atoms with Crippen molar-refractivity contribution < 1.29 is 9.47 Å². The molecule has 1 N–H and O–H groups in total. The van der Waals surface area contributed by atoms with Gasteiger partial charge in [0.2, 0.25) is 5.60 Å². The van der Waals surface area contributed by atoms with Gasteiger partial charge in [0.1, 0.15) is 12.4 Å². The molecule has 0 fully saturated rings. The fourth-order valence-electron chi connectivity index (χ4n) is 2.82. The van der Waals surface area contributed by atoms with Crippen molar-refractivity contribution in [1.82, 2.24) is 5.32 Å². The quantitative estimate of drug-likeness (QED) is 0.918. The number of amidine groups is 1. The molecule has 106 valence electrons. The summed E-state index contributed by atoms with van der Waals surface area (Å²) in [5, 5.41) is 3.34. The van der Waals surface area contributed by atoms with Crippen LogP contribution in [0.4, 0.5) is 0 Å². The standard InChI is InChI=1S/C17H16N2O2/c1-2-6-13(7-3-1)17(16-18-10-11-19-16)12-20-14-8-4-5-9-15(14)21-17/h1-9H,10-12H2,(H,18,19)/t17-/m0/s1. The lowest BCUT2D eigenvalue weighted by Crippen LogP contribution is -2.53. The minimum atomic E-state index is -0.688. The van der Waals surface area contributed by atoms with E-state index in [0.717, 1.165) is 36.0 Å². The maximum Gasteiger partial charge on any atom is 0.224 e. The van der Waals surface area contributed by atoms with Crippen LogP contribution < -0.4 is 14.8 Å². The van der Waals surface area contributed by atoms with Gasteiger partial charge in [-0.1, -0.05) is 42.5 Å². The van der Waals surface area contributed by atoms with Crippen molar-refractivity contribution in [1.29, 1.82) is 0 Å². The summed E-state index contributed by atoms with van der Waals surface area (Å²) in [5.74, 6) is 2.38. The van der Waals surface area contributed by atoms with Crippen molar-refractivity contribution in [3.8, 4) is 11.5 Å². The molecule has 2 aromatic rings. The third-order valence-corrected chi connectivity index (χ3v) is 3.86. The van der Waals surface area contributed by atoms with Gasteiger partial charge in [-0.05, 0) is 12.1 Å². The van der Waals surface area contributed by atoms with E-state index in [0.29, 0.717) is 6.61 Å². The van der Waals surface area contributed by atoms with Gasteiger partial charge in [-0.15, -0.1) is 0 Å². The molecule has 2 aliphatic rings. The summed E-state index contributed by atoms with van der Waals surface area (Å²) in [6.07, 6.45) is 0. The maximum absolute atomic E-state index is 6.37. The predicted molar refractivity (Wildman–Crippen MR) is 81.0 cm³/mol. The Balaban J connectivity index is 1.83. The molecule has 2 aliphatic heterocycles. The molecule has 0 bridgehead atoms. The van der Waals surface area contributed by atoms with E-state index < -0.39 is 5.60 Å². The lowest BCUT2D eigenvalue weighted by molar-refractivity contribution is 0.0409. The molecule has 0 unspecified atom stereocenters. The third-order valence-electron chi connectivity index (χ3n) is 3.86. The van der Waals surface area contributed by atoms with E-state index in [-0.39, 0.29) is 0 Å². The molecule has 4 heteroatoms. The van der Waals surface area contributed by atoms with Gasteiger partial charge in [-0.2, -0.15) is 0 Å². The highest BCUT2D eigenvalue weighted by molar-refractivity contribution is 5.93. The van der Waals surface area contributed by atoms with Crippen molar-refractivity contribution in [2.75, 3.05) is 19.7 Å². The van der Waals surface area contributed by atoms with Gasteiger partial charge < -0.3 is 14.8 Å². The second-order valence-corrected chi connectivity index (χ2v) is 5.19. The molecule has 0 radical (unpaired) electrons. The van der Waals surface area contributed by atoms with Gasteiger partial charge in [0.05, 0.1) is 6.54 Å². The molecule has 0 spiro atoms. The van der Waals surface area contributed by atoms with E-state index in [1.54, 1.807) is 0 Å². The lowest BCUT2D eigenvalue weighted by atomic mass is 9.92. The second-order valence-electron chi connectivity index (χ2n) is 5.19. The molecular weight excluding hydrogens is 264 g/mol. The summed E-state index contributed by atoms with van der Waals surface area (Å²) in [6, 6.07) is 17.9. The van der Waals surface area contributed by atoms with Gasteiger partial charge >= 0.3 is 0 Å². The number of benzene rings is 2. The smallest absolute Gasteiger partial charge is 0.224 e. The molecule has 0 saturated heterocycles. The normalized spacial score (nSPS) is 23.3. The average Bonchev–Trinajstić information content (AvgIpc) is 3.10. The van der Waals surface area contributed by atoms with Gasteiger partial charge in [-0.25, -0.2) is 0 Å². The average molecular weight is 280 g/mol. The molecule has 1 atom stereocenters. The van der Waals surface area contributed by atoms with Crippen LogP contribution in [0.1, 0.15) is 5.56 Å². The summed E-state index contributed by atoms with van der Waals surface area (Å²) >= 11 is 0. The first-order chi connectivity index (χ1) is 10.4. The van der Waals surface area contributed by atoms with E-state index in [4.69, 9.17) is 9.47 Å². The number of rotatable bonds is 2. The molecule has 21 heavy (non-hydrogen) atoms.